The zero-order chi connectivity index (χ0) is 63.7. The van der Waals surface area contributed by atoms with E-state index in [0.717, 1.165) is 30.3 Å². The summed E-state index contributed by atoms with van der Waals surface area (Å²) in [6, 6.07) is 10.0. The molecule has 0 N–H and O–H groups in total. The van der Waals surface area contributed by atoms with E-state index >= 15 is 0 Å². The number of hydrogen-bond acceptors (Lipinski definition) is 11. The van der Waals surface area contributed by atoms with Crippen LogP contribution in [-0.4, -0.2) is 92.7 Å². The van der Waals surface area contributed by atoms with Crippen LogP contribution >= 0.6 is 0 Å². The predicted octanol–water partition coefficient (Wildman–Crippen LogP) is 10.3. The Hall–Kier alpha value is -7.94. The third-order valence-electron chi connectivity index (χ3n) is 16.5. The van der Waals surface area contributed by atoms with Crippen molar-refractivity contribution in [1.29, 1.82) is 0 Å². The van der Waals surface area contributed by atoms with Gasteiger partial charge in [0.15, 0.2) is 11.2 Å². The second-order valence-electron chi connectivity index (χ2n) is 24.1. The molecule has 88 heavy (non-hydrogen) atoms. The number of anilines is 2. The van der Waals surface area contributed by atoms with E-state index in [1.807, 2.05) is 41.5 Å². The largest absolute Gasteiger partial charge is 0.416 e. The highest BCUT2D eigenvalue weighted by Gasteiger charge is 2.39. The molecule has 4 atom stereocenters. The third kappa shape index (κ3) is 13.4. The Bertz CT molecular complexity index is 4010. The molecule has 27 heteroatoms. The van der Waals surface area contributed by atoms with Gasteiger partial charge >= 0.3 is 23.7 Å². The first-order valence-electron chi connectivity index (χ1n) is 30.0. The fourth-order valence-electron chi connectivity index (χ4n) is 11.5. The molecule has 0 aliphatic carbocycles. The molecule has 0 bridgehead atoms. The highest BCUT2D eigenvalue weighted by atomic mass is 28.3. The molecule has 5 aromatic heterocycles. The number of halogens is 6. The summed E-state index contributed by atoms with van der Waals surface area (Å²) in [5.74, 6) is -0.0595. The van der Waals surface area contributed by atoms with Crippen LogP contribution in [0.1, 0.15) is 114 Å². The minimum absolute atomic E-state index is 0.0613. The number of rotatable bonds is 21. The molecule has 0 radical (unpaired) electrons. The van der Waals surface area contributed by atoms with Gasteiger partial charge in [0, 0.05) is 114 Å². The Morgan fingerprint density at radius 2 is 1.10 bits per heavy atom. The zero-order valence-electron chi connectivity index (χ0n) is 51.0. The average molecular weight is 1240 g/mol. The van der Waals surface area contributed by atoms with Gasteiger partial charge in [0.1, 0.15) is 18.4 Å². The maximum absolute atomic E-state index is 13.8. The molecule has 2 fully saturated rings. The van der Waals surface area contributed by atoms with Gasteiger partial charge in [0.25, 0.3) is 11.1 Å². The number of aliphatic imine (C=N–C) groups is 1. The summed E-state index contributed by atoms with van der Waals surface area (Å²) >= 11 is 0. The van der Waals surface area contributed by atoms with E-state index in [1.165, 1.54) is 43.2 Å². The van der Waals surface area contributed by atoms with Crippen LogP contribution in [0.15, 0.2) is 97.5 Å². The van der Waals surface area contributed by atoms with E-state index in [0.29, 0.717) is 97.1 Å². The second-order valence-corrected chi connectivity index (χ2v) is 29.8. The summed E-state index contributed by atoms with van der Waals surface area (Å²) in [6.07, 6.45) is 1.13. The van der Waals surface area contributed by atoms with Crippen LogP contribution in [-0.2, 0) is 66.0 Å². The van der Waals surface area contributed by atoms with Gasteiger partial charge in [0.05, 0.1) is 52.4 Å². The molecule has 20 nitrogen and oxygen atoms in total. The van der Waals surface area contributed by atoms with Crippen LogP contribution in [0.25, 0.3) is 22.6 Å². The summed E-state index contributed by atoms with van der Waals surface area (Å²) in [5, 5.41) is 9.08. The molecule has 472 valence electrons. The van der Waals surface area contributed by atoms with Crippen molar-refractivity contribution in [3.63, 3.8) is 0 Å². The number of hydrogen-bond donors (Lipinski definition) is 0. The van der Waals surface area contributed by atoms with Crippen molar-refractivity contribution in [3.8, 4) is 11.4 Å². The molecule has 0 spiro atoms. The van der Waals surface area contributed by atoms with Crippen molar-refractivity contribution >= 4 is 54.0 Å². The summed E-state index contributed by atoms with van der Waals surface area (Å²) < 4.78 is 96.6. The summed E-state index contributed by atoms with van der Waals surface area (Å²) in [5.41, 5.74) is 0.375. The van der Waals surface area contributed by atoms with Gasteiger partial charge in [-0.25, -0.2) is 19.6 Å². The third-order valence-corrected chi connectivity index (χ3v) is 18.2. The van der Waals surface area contributed by atoms with E-state index in [1.54, 1.807) is 47.9 Å². The minimum atomic E-state index is -4.51. The normalized spacial score (nSPS) is 17.1. The number of ether oxygens (including phenoxy) is 1. The molecular weight excluding hydrogens is 1170 g/mol. The number of carbonyl (C=O) groups excluding carboxylic acids is 2. The number of alkyl halides is 6. The zero-order valence-corrected chi connectivity index (χ0v) is 52.0. The molecular formula is C61H75F6N13O7Si. The van der Waals surface area contributed by atoms with Gasteiger partial charge in [-0.1, -0.05) is 59.5 Å². The number of imidazole rings is 1. The predicted molar refractivity (Wildman–Crippen MR) is 325 cm³/mol. The smallest absolute Gasteiger partial charge is 0.361 e. The van der Waals surface area contributed by atoms with Crippen LogP contribution in [0.2, 0.25) is 25.7 Å². The van der Waals surface area contributed by atoms with Crippen LogP contribution in [0.3, 0.4) is 0 Å². The quantitative estimate of drug-likeness (QED) is 0.0378. The highest BCUT2D eigenvalue weighted by Crippen LogP contribution is 2.39. The molecule has 2 saturated heterocycles. The van der Waals surface area contributed by atoms with Crippen molar-refractivity contribution in [1.82, 2.24) is 47.4 Å². The number of benzene rings is 2. The standard InChI is InChI=1S/C33H44F3N7O4Si.C28H31F3N6O3/c1-7-12-39-30-28(31(45)40(13-8-2)32(39)46)42(21-47-14-15-48(4,5)6)29(38-30)24-18-37-43(20-24)22(3)23-16-27(44)41(19-23)26-11-9-10-25(17-26)33(34,35)36;1-4-9-34-25-22(26(39)35(10-5-2)27(34)40)13-23(33-25)19-14-32-37(16-19)17(3)18-11-24(38)36(15-18)21-8-6-7-20(12-21)28(29,30)31/h9-11,17-18,20,22-23H,7-8,12-16,19,21H2,1-6H3;6-8,12,14,16-18H,4-5,9-11,13,15H2,1-3H3. The monoisotopic (exact) mass is 1240 g/mol. The van der Waals surface area contributed by atoms with Crippen LogP contribution in [0, 0.1) is 11.8 Å². The fourth-order valence-corrected chi connectivity index (χ4v) is 12.3. The first kappa shape index (κ1) is 64.5. The maximum Gasteiger partial charge on any atom is 0.416 e. The van der Waals surface area contributed by atoms with Gasteiger partial charge in [-0.05, 0) is 82.0 Å². The molecule has 10 rings (SSSR count). The lowest BCUT2D eigenvalue weighted by molar-refractivity contribution is -0.138. The van der Waals surface area contributed by atoms with Crippen molar-refractivity contribution in [2.24, 2.45) is 16.8 Å². The molecule has 2 amide bonds. The Morgan fingerprint density at radius 1 is 0.625 bits per heavy atom. The number of aryl methyl sites for hydroxylation is 1. The number of nitrogens with zero attached hydrogens (tertiary/aromatic N) is 13. The first-order valence-corrected chi connectivity index (χ1v) is 33.7. The average Bonchev–Trinajstić information content (AvgIpc) is 1.63. The van der Waals surface area contributed by atoms with Crippen molar-refractivity contribution < 1.29 is 40.7 Å². The number of fused-ring (bicyclic) bond motifs is 2. The fraction of sp³-hybridized carbons (Fsp3) is 0.508. The molecule has 7 aromatic rings. The Kier molecular flexibility index (Phi) is 19.1. The van der Waals surface area contributed by atoms with Crippen LogP contribution in [0.4, 0.5) is 43.5 Å². The van der Waals surface area contributed by atoms with E-state index < -0.39 is 42.8 Å². The molecule has 3 aliphatic rings. The summed E-state index contributed by atoms with van der Waals surface area (Å²) in [6.45, 7) is 20.9. The van der Waals surface area contributed by atoms with Gasteiger partial charge in [-0.3, -0.25) is 51.4 Å². The van der Waals surface area contributed by atoms with Crippen molar-refractivity contribution in [3.05, 3.63) is 137 Å². The van der Waals surface area contributed by atoms with Gasteiger partial charge in [-0.15, -0.1) is 0 Å². The summed E-state index contributed by atoms with van der Waals surface area (Å²) in [7, 11) is -1.39. The minimum Gasteiger partial charge on any atom is -0.361 e. The molecule has 8 heterocycles. The van der Waals surface area contributed by atoms with E-state index in [2.05, 4.69) is 34.8 Å². The lowest BCUT2D eigenvalue weighted by atomic mass is 10.0. The Balaban J connectivity index is 0.000000213. The number of carbonyl (C=O) groups is 2. The highest BCUT2D eigenvalue weighted by molar-refractivity contribution is 6.76. The molecule has 2 aromatic carbocycles. The van der Waals surface area contributed by atoms with Crippen molar-refractivity contribution in [2.45, 2.75) is 170 Å². The summed E-state index contributed by atoms with van der Waals surface area (Å²) in [4.78, 5) is 91.4. The second kappa shape index (κ2) is 26.0. The Morgan fingerprint density at radius 3 is 1.61 bits per heavy atom. The van der Waals surface area contributed by atoms with Crippen LogP contribution < -0.4 is 32.3 Å². The van der Waals surface area contributed by atoms with Crippen molar-refractivity contribution in [2.75, 3.05) is 29.5 Å². The molecule has 0 saturated carbocycles. The first-order chi connectivity index (χ1) is 41.7. The Labute approximate surface area is 504 Å². The molecule has 4 unspecified atom stereocenters. The lowest BCUT2D eigenvalue weighted by Crippen LogP contribution is -2.41. The van der Waals surface area contributed by atoms with Gasteiger partial charge < -0.3 is 14.5 Å². The van der Waals surface area contributed by atoms with Gasteiger partial charge in [0.2, 0.25) is 11.8 Å². The molecule has 3 aliphatic heterocycles. The van der Waals surface area contributed by atoms with Crippen LogP contribution in [0.5, 0.6) is 0 Å². The van der Waals surface area contributed by atoms with E-state index in [4.69, 9.17) is 9.72 Å². The van der Waals surface area contributed by atoms with E-state index in [-0.39, 0.29) is 104 Å². The SMILES string of the molecule is CCCn1c(=O)c2c(nc(-c3cnn(C(C)C4CC(=O)N(c5cccc(C(F)(F)F)c5)C4)c3)n2COCC[Si](C)(C)C)n(CCC)c1=O.CCCn1c2c(c(=O)n(CCC)c1=O)CC(c1cnn(C(C)C3CC(=O)N(c4cccc(C(F)(F)F)c4)C3)c1)=N2. The maximum atomic E-state index is 13.8. The number of amides is 2. The topological polar surface area (TPSA) is 204 Å². The number of aromatic nitrogens is 10. The lowest BCUT2D eigenvalue weighted by Gasteiger charge is -2.21. The van der Waals surface area contributed by atoms with Gasteiger partial charge in [-0.2, -0.15) is 36.5 Å². The van der Waals surface area contributed by atoms with E-state index in [9.17, 15) is 55.1 Å².